The molecule has 0 amide bonds. The van der Waals surface area contributed by atoms with Crippen molar-refractivity contribution in [1.82, 2.24) is 9.80 Å². The van der Waals surface area contributed by atoms with Crippen LogP contribution in [0.2, 0.25) is 0 Å². The molecule has 0 aromatic heterocycles. The maximum absolute atomic E-state index is 5.81. The molecule has 100 valence electrons. The molecule has 2 N–H and O–H groups in total. The first kappa shape index (κ1) is 13.4. The van der Waals surface area contributed by atoms with Gasteiger partial charge in [0, 0.05) is 25.3 Å². The van der Waals surface area contributed by atoms with Crippen molar-refractivity contribution in [3.05, 3.63) is 29.8 Å². The summed E-state index contributed by atoms with van der Waals surface area (Å²) in [6.45, 7) is 4.67. The second-order valence-corrected chi connectivity index (χ2v) is 5.71. The highest BCUT2D eigenvalue weighted by Crippen LogP contribution is 2.17. The van der Waals surface area contributed by atoms with E-state index in [0.29, 0.717) is 0 Å². The molecule has 1 aromatic carbocycles. The van der Waals surface area contributed by atoms with Crippen molar-refractivity contribution in [2.45, 2.75) is 19.4 Å². The lowest BCUT2D eigenvalue weighted by Gasteiger charge is -2.32. The molecule has 18 heavy (non-hydrogen) atoms. The number of hydrogen-bond acceptors (Lipinski definition) is 3. The van der Waals surface area contributed by atoms with Crippen molar-refractivity contribution in [3.8, 4) is 0 Å². The Kier molecular flexibility index (Phi) is 4.61. The van der Waals surface area contributed by atoms with Gasteiger partial charge in [0.15, 0.2) is 0 Å². The van der Waals surface area contributed by atoms with E-state index >= 15 is 0 Å². The molecule has 0 saturated carbocycles. The SMILES string of the molecule is CN1CCCC(CN(C)Cc2cccc(N)c2)C1. The van der Waals surface area contributed by atoms with Crippen molar-refractivity contribution in [2.75, 3.05) is 39.5 Å². The van der Waals surface area contributed by atoms with Gasteiger partial charge >= 0.3 is 0 Å². The van der Waals surface area contributed by atoms with E-state index in [1.807, 2.05) is 12.1 Å². The zero-order chi connectivity index (χ0) is 13.0. The number of piperidine rings is 1. The molecule has 1 unspecified atom stereocenters. The van der Waals surface area contributed by atoms with E-state index in [2.05, 4.69) is 36.0 Å². The molecule has 1 atom stereocenters. The summed E-state index contributed by atoms with van der Waals surface area (Å²) < 4.78 is 0. The molecular weight excluding hydrogens is 222 g/mol. The topological polar surface area (TPSA) is 32.5 Å². The van der Waals surface area contributed by atoms with E-state index < -0.39 is 0 Å². The lowest BCUT2D eigenvalue weighted by molar-refractivity contribution is 0.164. The minimum atomic E-state index is 0.815. The van der Waals surface area contributed by atoms with Gasteiger partial charge < -0.3 is 15.5 Å². The average Bonchev–Trinajstić information content (AvgIpc) is 2.28. The summed E-state index contributed by atoms with van der Waals surface area (Å²) in [7, 11) is 4.43. The molecule has 1 aromatic rings. The van der Waals surface area contributed by atoms with Gasteiger partial charge in [-0.25, -0.2) is 0 Å². The van der Waals surface area contributed by atoms with E-state index in [9.17, 15) is 0 Å². The van der Waals surface area contributed by atoms with E-state index in [0.717, 1.165) is 18.2 Å². The molecule has 3 heteroatoms. The highest BCUT2D eigenvalue weighted by atomic mass is 15.1. The van der Waals surface area contributed by atoms with Gasteiger partial charge in [-0.1, -0.05) is 12.1 Å². The van der Waals surface area contributed by atoms with Crippen LogP contribution in [-0.4, -0.2) is 43.5 Å². The quantitative estimate of drug-likeness (QED) is 0.827. The third-order valence-corrected chi connectivity index (χ3v) is 3.70. The fraction of sp³-hybridized carbons (Fsp3) is 0.600. The van der Waals surface area contributed by atoms with Gasteiger partial charge in [0.1, 0.15) is 0 Å². The standard InChI is InChI=1S/C15H25N3/c1-17-8-4-6-14(11-17)12-18(2)10-13-5-3-7-15(16)9-13/h3,5,7,9,14H,4,6,8,10-12,16H2,1-2H3. The van der Waals surface area contributed by atoms with E-state index in [-0.39, 0.29) is 0 Å². The normalized spacial score (nSPS) is 21.4. The van der Waals surface area contributed by atoms with E-state index in [1.165, 1.54) is 38.0 Å². The van der Waals surface area contributed by atoms with Crippen LogP contribution in [0.5, 0.6) is 0 Å². The molecule has 0 bridgehead atoms. The highest BCUT2D eigenvalue weighted by molar-refractivity contribution is 5.40. The Morgan fingerprint density at radius 2 is 2.28 bits per heavy atom. The summed E-state index contributed by atoms with van der Waals surface area (Å²) in [5.41, 5.74) is 7.98. The summed E-state index contributed by atoms with van der Waals surface area (Å²) in [6.07, 6.45) is 2.71. The van der Waals surface area contributed by atoms with Gasteiger partial charge in [0.2, 0.25) is 0 Å². The molecular formula is C15H25N3. The fourth-order valence-electron chi connectivity index (χ4n) is 2.93. The number of rotatable bonds is 4. The Morgan fingerprint density at radius 1 is 1.44 bits per heavy atom. The first-order valence-corrected chi connectivity index (χ1v) is 6.85. The molecule has 2 rings (SSSR count). The third kappa shape index (κ3) is 4.00. The van der Waals surface area contributed by atoms with Crippen molar-refractivity contribution >= 4 is 5.69 Å². The smallest absolute Gasteiger partial charge is 0.0317 e. The monoisotopic (exact) mass is 247 g/mol. The van der Waals surface area contributed by atoms with E-state index in [4.69, 9.17) is 5.73 Å². The Hall–Kier alpha value is -1.06. The summed E-state index contributed by atoms with van der Waals surface area (Å²) >= 11 is 0. The van der Waals surface area contributed by atoms with Crippen molar-refractivity contribution in [3.63, 3.8) is 0 Å². The number of anilines is 1. The molecule has 1 aliphatic heterocycles. The molecule has 1 heterocycles. The third-order valence-electron chi connectivity index (χ3n) is 3.70. The second kappa shape index (κ2) is 6.21. The first-order chi connectivity index (χ1) is 8.63. The first-order valence-electron chi connectivity index (χ1n) is 6.85. The van der Waals surface area contributed by atoms with Gasteiger partial charge in [0.05, 0.1) is 0 Å². The predicted octanol–water partition coefficient (Wildman–Crippen LogP) is 2.04. The molecule has 0 spiro atoms. The van der Waals surface area contributed by atoms with Gasteiger partial charge in [-0.2, -0.15) is 0 Å². The largest absolute Gasteiger partial charge is 0.399 e. The van der Waals surface area contributed by atoms with Crippen LogP contribution in [0.1, 0.15) is 18.4 Å². The van der Waals surface area contributed by atoms with Gasteiger partial charge in [-0.05, 0) is 57.1 Å². The molecule has 0 aliphatic carbocycles. The molecule has 3 nitrogen and oxygen atoms in total. The number of nitrogens with zero attached hydrogens (tertiary/aromatic N) is 2. The predicted molar refractivity (Wildman–Crippen MR) is 77.4 cm³/mol. The van der Waals surface area contributed by atoms with Gasteiger partial charge in [-0.15, -0.1) is 0 Å². The minimum Gasteiger partial charge on any atom is -0.399 e. The van der Waals surface area contributed by atoms with Crippen LogP contribution in [0.25, 0.3) is 0 Å². The number of benzene rings is 1. The summed E-state index contributed by atoms with van der Waals surface area (Å²) in [5, 5.41) is 0. The number of likely N-dealkylation sites (tertiary alicyclic amines) is 1. The van der Waals surface area contributed by atoms with Crippen molar-refractivity contribution < 1.29 is 0 Å². The fourth-order valence-corrected chi connectivity index (χ4v) is 2.93. The molecule has 1 saturated heterocycles. The second-order valence-electron chi connectivity index (χ2n) is 5.71. The van der Waals surface area contributed by atoms with Crippen LogP contribution in [0.3, 0.4) is 0 Å². The molecule has 0 radical (unpaired) electrons. The maximum Gasteiger partial charge on any atom is 0.0317 e. The summed E-state index contributed by atoms with van der Waals surface area (Å²) in [4.78, 5) is 4.86. The van der Waals surface area contributed by atoms with E-state index in [1.54, 1.807) is 0 Å². The Balaban J connectivity index is 1.82. The minimum absolute atomic E-state index is 0.815. The lowest BCUT2D eigenvalue weighted by Crippen LogP contribution is -2.37. The van der Waals surface area contributed by atoms with Crippen LogP contribution in [0.15, 0.2) is 24.3 Å². The Labute approximate surface area is 111 Å². The Bertz CT molecular complexity index is 378. The summed E-state index contributed by atoms with van der Waals surface area (Å²) in [6, 6.07) is 8.20. The van der Waals surface area contributed by atoms with Crippen LogP contribution in [0, 0.1) is 5.92 Å². The van der Waals surface area contributed by atoms with Crippen molar-refractivity contribution in [2.24, 2.45) is 5.92 Å². The molecule has 1 fully saturated rings. The van der Waals surface area contributed by atoms with Crippen LogP contribution < -0.4 is 5.73 Å². The maximum atomic E-state index is 5.81. The van der Waals surface area contributed by atoms with Gasteiger partial charge in [-0.3, -0.25) is 0 Å². The summed E-state index contributed by atoms with van der Waals surface area (Å²) in [5.74, 6) is 0.815. The van der Waals surface area contributed by atoms with Crippen LogP contribution in [0.4, 0.5) is 5.69 Å². The van der Waals surface area contributed by atoms with Crippen molar-refractivity contribution in [1.29, 1.82) is 0 Å². The molecule has 1 aliphatic rings. The van der Waals surface area contributed by atoms with Crippen LogP contribution >= 0.6 is 0 Å². The lowest BCUT2D eigenvalue weighted by atomic mass is 9.98. The van der Waals surface area contributed by atoms with Gasteiger partial charge in [0.25, 0.3) is 0 Å². The highest BCUT2D eigenvalue weighted by Gasteiger charge is 2.18. The number of nitrogens with two attached hydrogens (primary N) is 1. The Morgan fingerprint density at radius 3 is 3.00 bits per heavy atom. The van der Waals surface area contributed by atoms with Crippen LogP contribution in [-0.2, 0) is 6.54 Å². The zero-order valence-electron chi connectivity index (χ0n) is 11.6. The average molecular weight is 247 g/mol. The zero-order valence-corrected chi connectivity index (χ0v) is 11.6. The number of nitrogen functional groups attached to an aromatic ring is 1. The number of hydrogen-bond donors (Lipinski definition) is 1.